The largest absolute Gasteiger partial charge is 0.467 e. The Morgan fingerprint density at radius 3 is 2.56 bits per heavy atom. The Morgan fingerprint density at radius 1 is 1.22 bits per heavy atom. The van der Waals surface area contributed by atoms with E-state index in [1.165, 1.54) is 7.11 Å². The molecule has 0 radical (unpaired) electrons. The van der Waals surface area contributed by atoms with E-state index < -0.39 is 12.0 Å². The molecule has 2 N–H and O–H groups in total. The highest BCUT2D eigenvalue weighted by atomic mass is 16.5. The third-order valence-corrected chi connectivity index (χ3v) is 4.61. The monoisotopic (exact) mass is 375 g/mol. The van der Waals surface area contributed by atoms with Crippen LogP contribution < -0.4 is 10.6 Å². The normalized spacial score (nSPS) is 17.9. The van der Waals surface area contributed by atoms with Gasteiger partial charge in [-0.2, -0.15) is 0 Å². The zero-order chi connectivity index (χ0) is 19.8. The summed E-state index contributed by atoms with van der Waals surface area (Å²) in [6, 6.07) is 8.35. The van der Waals surface area contributed by atoms with Gasteiger partial charge in [0.15, 0.2) is 0 Å². The van der Waals surface area contributed by atoms with Crippen LogP contribution in [0.1, 0.15) is 33.1 Å². The van der Waals surface area contributed by atoms with Gasteiger partial charge in [0.2, 0.25) is 5.91 Å². The van der Waals surface area contributed by atoms with Gasteiger partial charge in [-0.1, -0.05) is 32.0 Å². The average Bonchev–Trinajstić information content (AvgIpc) is 2.67. The molecular formula is C20H29N3O4. The summed E-state index contributed by atoms with van der Waals surface area (Å²) in [4.78, 5) is 38.7. The molecule has 2 rings (SSSR count). The smallest absolute Gasteiger partial charge is 0.328 e. The minimum absolute atomic E-state index is 0.205. The predicted molar refractivity (Wildman–Crippen MR) is 103 cm³/mol. The standard InChI is InChI=1S/C20H29N3O4/c1-14(2)12-17(19(25)27-3)22-18(24)15-8-7-11-23(13-15)20(26)21-16-9-5-4-6-10-16/h4-6,9-10,14-15,17H,7-8,11-13H2,1-3H3,(H,21,26)(H,22,24)/t15-,17+/m0/s1. The minimum Gasteiger partial charge on any atom is -0.467 e. The van der Waals surface area contributed by atoms with Crippen molar-refractivity contribution in [3.63, 3.8) is 0 Å². The molecule has 27 heavy (non-hydrogen) atoms. The number of esters is 1. The molecule has 1 aromatic rings. The Labute approximate surface area is 160 Å². The molecule has 1 aliphatic heterocycles. The molecule has 1 aliphatic rings. The van der Waals surface area contributed by atoms with Gasteiger partial charge in [0.25, 0.3) is 0 Å². The molecule has 1 aromatic carbocycles. The van der Waals surface area contributed by atoms with Crippen molar-refractivity contribution in [3.05, 3.63) is 30.3 Å². The number of likely N-dealkylation sites (tertiary alicyclic amines) is 1. The third kappa shape index (κ3) is 6.27. The molecule has 0 aliphatic carbocycles. The van der Waals surface area contributed by atoms with Crippen LogP contribution in [0.15, 0.2) is 30.3 Å². The SMILES string of the molecule is COC(=O)[C@@H](CC(C)C)NC(=O)[C@H]1CCCN(C(=O)Nc2ccccc2)C1. The minimum atomic E-state index is -0.656. The Kier molecular flexibility index (Phi) is 7.64. The zero-order valence-corrected chi connectivity index (χ0v) is 16.2. The van der Waals surface area contributed by atoms with Crippen molar-refractivity contribution in [1.82, 2.24) is 10.2 Å². The second kappa shape index (κ2) is 9.94. The van der Waals surface area contributed by atoms with Crippen LogP contribution in [0.2, 0.25) is 0 Å². The lowest BCUT2D eigenvalue weighted by molar-refractivity contribution is -0.146. The number of para-hydroxylation sites is 1. The van der Waals surface area contributed by atoms with E-state index in [2.05, 4.69) is 10.6 Å². The third-order valence-electron chi connectivity index (χ3n) is 4.61. The molecule has 0 saturated carbocycles. The molecule has 1 fully saturated rings. The number of anilines is 1. The van der Waals surface area contributed by atoms with Crippen molar-refractivity contribution in [2.24, 2.45) is 11.8 Å². The summed E-state index contributed by atoms with van der Waals surface area (Å²) in [5, 5.41) is 5.65. The number of ether oxygens (including phenoxy) is 1. The molecule has 0 unspecified atom stereocenters. The van der Waals surface area contributed by atoms with Gasteiger partial charge in [-0.3, -0.25) is 4.79 Å². The first-order chi connectivity index (χ1) is 12.9. The molecule has 0 spiro atoms. The van der Waals surface area contributed by atoms with Crippen LogP contribution in [0, 0.1) is 11.8 Å². The van der Waals surface area contributed by atoms with Crippen LogP contribution in [0.25, 0.3) is 0 Å². The van der Waals surface area contributed by atoms with Crippen molar-refractivity contribution >= 4 is 23.6 Å². The second-order valence-corrected chi connectivity index (χ2v) is 7.30. The number of hydrogen-bond donors (Lipinski definition) is 2. The van der Waals surface area contributed by atoms with E-state index in [0.29, 0.717) is 25.9 Å². The fourth-order valence-electron chi connectivity index (χ4n) is 3.22. The summed E-state index contributed by atoms with van der Waals surface area (Å²) >= 11 is 0. The van der Waals surface area contributed by atoms with Crippen LogP contribution >= 0.6 is 0 Å². The van der Waals surface area contributed by atoms with Gasteiger partial charge in [-0.05, 0) is 37.3 Å². The molecule has 0 bridgehead atoms. The van der Waals surface area contributed by atoms with Gasteiger partial charge in [0, 0.05) is 18.8 Å². The summed E-state index contributed by atoms with van der Waals surface area (Å²) in [6.07, 6.45) is 1.95. The fourth-order valence-corrected chi connectivity index (χ4v) is 3.22. The molecule has 1 heterocycles. The fraction of sp³-hybridized carbons (Fsp3) is 0.550. The highest BCUT2D eigenvalue weighted by Gasteiger charge is 2.31. The maximum absolute atomic E-state index is 12.7. The number of nitrogens with zero attached hydrogens (tertiary/aromatic N) is 1. The molecule has 0 aromatic heterocycles. The predicted octanol–water partition coefficient (Wildman–Crippen LogP) is 2.63. The van der Waals surface area contributed by atoms with Gasteiger partial charge >= 0.3 is 12.0 Å². The van der Waals surface area contributed by atoms with E-state index in [1.54, 1.807) is 4.90 Å². The summed E-state index contributed by atoms with van der Waals surface area (Å²) in [6.45, 7) is 4.91. The van der Waals surface area contributed by atoms with E-state index in [9.17, 15) is 14.4 Å². The lowest BCUT2D eigenvalue weighted by Crippen LogP contribution is -2.50. The van der Waals surface area contributed by atoms with Crippen molar-refractivity contribution in [2.75, 3.05) is 25.5 Å². The summed E-state index contributed by atoms with van der Waals surface area (Å²) in [7, 11) is 1.32. The Balaban J connectivity index is 1.94. The Bertz CT molecular complexity index is 648. The summed E-state index contributed by atoms with van der Waals surface area (Å²) in [5.74, 6) is -0.733. The van der Waals surface area contributed by atoms with Crippen LogP contribution in [0.3, 0.4) is 0 Å². The first kappa shape index (κ1) is 20.7. The van der Waals surface area contributed by atoms with Gasteiger partial charge in [-0.15, -0.1) is 0 Å². The molecule has 3 amide bonds. The number of nitrogens with one attached hydrogen (secondary N) is 2. The van der Waals surface area contributed by atoms with E-state index in [-0.39, 0.29) is 23.8 Å². The summed E-state index contributed by atoms with van der Waals surface area (Å²) in [5.41, 5.74) is 0.719. The maximum atomic E-state index is 12.7. The van der Waals surface area contributed by atoms with Gasteiger partial charge in [0.05, 0.1) is 13.0 Å². The molecule has 2 atom stereocenters. The van der Waals surface area contributed by atoms with Gasteiger partial charge in [0.1, 0.15) is 6.04 Å². The number of piperidine rings is 1. The van der Waals surface area contributed by atoms with Crippen LogP contribution in [-0.2, 0) is 14.3 Å². The van der Waals surface area contributed by atoms with Gasteiger partial charge < -0.3 is 20.3 Å². The molecule has 7 heteroatoms. The quantitative estimate of drug-likeness (QED) is 0.748. The van der Waals surface area contributed by atoms with Crippen molar-refractivity contribution in [3.8, 4) is 0 Å². The first-order valence-corrected chi connectivity index (χ1v) is 9.40. The molecule has 1 saturated heterocycles. The van der Waals surface area contributed by atoms with Gasteiger partial charge in [-0.25, -0.2) is 9.59 Å². The number of amides is 3. The summed E-state index contributed by atoms with van der Waals surface area (Å²) < 4.78 is 4.80. The van der Waals surface area contributed by atoms with Crippen LogP contribution in [0.4, 0.5) is 10.5 Å². The molecular weight excluding hydrogens is 346 g/mol. The Morgan fingerprint density at radius 2 is 1.93 bits per heavy atom. The number of carbonyl (C=O) groups is 3. The van der Waals surface area contributed by atoms with Crippen LogP contribution in [-0.4, -0.2) is 49.0 Å². The highest BCUT2D eigenvalue weighted by molar-refractivity contribution is 5.90. The topological polar surface area (TPSA) is 87.7 Å². The van der Waals surface area contributed by atoms with Crippen molar-refractivity contribution in [1.29, 1.82) is 0 Å². The number of benzene rings is 1. The van der Waals surface area contributed by atoms with E-state index in [1.807, 2.05) is 44.2 Å². The lowest BCUT2D eigenvalue weighted by Gasteiger charge is -2.32. The number of carbonyl (C=O) groups excluding carboxylic acids is 3. The Hall–Kier alpha value is -2.57. The maximum Gasteiger partial charge on any atom is 0.328 e. The van der Waals surface area contributed by atoms with E-state index in [0.717, 1.165) is 12.1 Å². The number of methoxy groups -OCH3 is 1. The van der Waals surface area contributed by atoms with Crippen LogP contribution in [0.5, 0.6) is 0 Å². The van der Waals surface area contributed by atoms with Crippen molar-refractivity contribution in [2.45, 2.75) is 39.2 Å². The van der Waals surface area contributed by atoms with Crippen molar-refractivity contribution < 1.29 is 19.1 Å². The average molecular weight is 375 g/mol. The highest BCUT2D eigenvalue weighted by Crippen LogP contribution is 2.19. The number of hydrogen-bond acceptors (Lipinski definition) is 4. The lowest BCUT2D eigenvalue weighted by atomic mass is 9.96. The first-order valence-electron chi connectivity index (χ1n) is 9.40. The molecule has 7 nitrogen and oxygen atoms in total. The van der Waals surface area contributed by atoms with E-state index >= 15 is 0 Å². The molecule has 148 valence electrons. The van der Waals surface area contributed by atoms with E-state index in [4.69, 9.17) is 4.74 Å². The number of urea groups is 1. The number of rotatable bonds is 6. The zero-order valence-electron chi connectivity index (χ0n) is 16.2. The second-order valence-electron chi connectivity index (χ2n) is 7.30.